The minimum absolute atomic E-state index is 0.0765. The van der Waals surface area contributed by atoms with Gasteiger partial charge in [0.15, 0.2) is 0 Å². The average molecular weight is 219 g/mol. The monoisotopic (exact) mass is 219 g/mol. The Morgan fingerprint density at radius 1 is 1.25 bits per heavy atom. The van der Waals surface area contributed by atoms with Crippen LogP contribution in [0.4, 0.5) is 0 Å². The molecule has 86 valence electrons. The van der Waals surface area contributed by atoms with Crippen LogP contribution in [0.3, 0.4) is 0 Å². The zero-order valence-corrected chi connectivity index (χ0v) is 9.28. The number of benzene rings is 1. The lowest BCUT2D eigenvalue weighted by Crippen LogP contribution is -2.45. The SMILES string of the molecule is OC1(C2NCc3ccccc32)CCOCC1. The van der Waals surface area contributed by atoms with Crippen molar-refractivity contribution < 1.29 is 9.84 Å². The van der Waals surface area contributed by atoms with E-state index in [1.165, 1.54) is 11.1 Å². The van der Waals surface area contributed by atoms with Crippen LogP contribution < -0.4 is 5.32 Å². The third-order valence-corrected chi connectivity index (χ3v) is 3.76. The number of hydrogen-bond donors (Lipinski definition) is 2. The van der Waals surface area contributed by atoms with Gasteiger partial charge < -0.3 is 15.2 Å². The minimum Gasteiger partial charge on any atom is -0.388 e. The van der Waals surface area contributed by atoms with E-state index in [4.69, 9.17) is 4.74 Å². The summed E-state index contributed by atoms with van der Waals surface area (Å²) in [6, 6.07) is 8.42. The third kappa shape index (κ3) is 1.56. The van der Waals surface area contributed by atoms with Crippen molar-refractivity contribution in [2.24, 2.45) is 0 Å². The first-order valence-corrected chi connectivity index (χ1v) is 5.91. The lowest BCUT2D eigenvalue weighted by atomic mass is 9.83. The van der Waals surface area contributed by atoms with E-state index in [1.807, 2.05) is 6.07 Å². The molecule has 0 aromatic heterocycles. The first-order valence-electron chi connectivity index (χ1n) is 5.91. The van der Waals surface area contributed by atoms with Gasteiger partial charge in [-0.3, -0.25) is 0 Å². The van der Waals surface area contributed by atoms with E-state index in [0.717, 1.165) is 19.4 Å². The number of hydrogen-bond acceptors (Lipinski definition) is 3. The zero-order chi connectivity index (χ0) is 11.0. The average Bonchev–Trinajstić information content (AvgIpc) is 2.74. The second kappa shape index (κ2) is 3.84. The molecule has 16 heavy (non-hydrogen) atoms. The standard InChI is InChI=1S/C13H17NO2/c15-13(5-7-16-8-6-13)12-11-4-2-1-3-10(11)9-14-12/h1-4,12,14-15H,5-9H2. The molecule has 1 unspecified atom stereocenters. The van der Waals surface area contributed by atoms with Crippen LogP contribution in [-0.4, -0.2) is 23.9 Å². The Morgan fingerprint density at radius 3 is 2.81 bits per heavy atom. The number of ether oxygens (including phenoxy) is 1. The molecule has 2 heterocycles. The van der Waals surface area contributed by atoms with Crippen molar-refractivity contribution in [3.63, 3.8) is 0 Å². The normalized spacial score (nSPS) is 27.7. The highest BCUT2D eigenvalue weighted by Crippen LogP contribution is 2.38. The maximum absolute atomic E-state index is 10.7. The number of nitrogens with one attached hydrogen (secondary N) is 1. The molecule has 0 amide bonds. The summed E-state index contributed by atoms with van der Waals surface area (Å²) < 4.78 is 5.32. The Hall–Kier alpha value is -0.900. The van der Waals surface area contributed by atoms with Crippen molar-refractivity contribution in [2.45, 2.75) is 31.0 Å². The van der Waals surface area contributed by atoms with E-state index >= 15 is 0 Å². The van der Waals surface area contributed by atoms with E-state index < -0.39 is 5.60 Å². The van der Waals surface area contributed by atoms with Gasteiger partial charge in [-0.15, -0.1) is 0 Å². The largest absolute Gasteiger partial charge is 0.388 e. The van der Waals surface area contributed by atoms with Crippen molar-refractivity contribution in [1.82, 2.24) is 5.32 Å². The zero-order valence-electron chi connectivity index (χ0n) is 9.28. The van der Waals surface area contributed by atoms with Crippen LogP contribution in [0.25, 0.3) is 0 Å². The lowest BCUT2D eigenvalue weighted by Gasteiger charge is -2.37. The summed E-state index contributed by atoms with van der Waals surface area (Å²) in [5.41, 5.74) is 1.93. The van der Waals surface area contributed by atoms with Crippen molar-refractivity contribution in [2.75, 3.05) is 13.2 Å². The van der Waals surface area contributed by atoms with Crippen LogP contribution in [0.15, 0.2) is 24.3 Å². The Balaban J connectivity index is 1.91. The van der Waals surface area contributed by atoms with Crippen LogP contribution in [-0.2, 0) is 11.3 Å². The molecule has 1 saturated heterocycles. The molecule has 0 radical (unpaired) electrons. The van der Waals surface area contributed by atoms with Crippen molar-refractivity contribution in [3.8, 4) is 0 Å². The van der Waals surface area contributed by atoms with Gasteiger partial charge in [0, 0.05) is 32.6 Å². The summed E-state index contributed by atoms with van der Waals surface area (Å²) in [5, 5.41) is 14.1. The van der Waals surface area contributed by atoms with Gasteiger partial charge in [-0.25, -0.2) is 0 Å². The highest BCUT2D eigenvalue weighted by atomic mass is 16.5. The molecular weight excluding hydrogens is 202 g/mol. The lowest BCUT2D eigenvalue weighted by molar-refractivity contribution is -0.0845. The highest BCUT2D eigenvalue weighted by Gasteiger charge is 2.41. The van der Waals surface area contributed by atoms with Gasteiger partial charge in [0.05, 0.1) is 11.6 Å². The van der Waals surface area contributed by atoms with E-state index in [9.17, 15) is 5.11 Å². The summed E-state index contributed by atoms with van der Waals surface area (Å²) in [5.74, 6) is 0. The molecule has 0 spiro atoms. The van der Waals surface area contributed by atoms with Gasteiger partial charge >= 0.3 is 0 Å². The van der Waals surface area contributed by atoms with E-state index in [2.05, 4.69) is 23.5 Å². The molecule has 1 fully saturated rings. The molecule has 1 aromatic rings. The number of fused-ring (bicyclic) bond motifs is 1. The Morgan fingerprint density at radius 2 is 2.00 bits per heavy atom. The maximum Gasteiger partial charge on any atom is 0.0885 e. The van der Waals surface area contributed by atoms with E-state index in [-0.39, 0.29) is 6.04 Å². The van der Waals surface area contributed by atoms with Crippen LogP contribution in [0.1, 0.15) is 30.0 Å². The van der Waals surface area contributed by atoms with E-state index in [0.29, 0.717) is 13.2 Å². The summed E-state index contributed by atoms with van der Waals surface area (Å²) in [7, 11) is 0. The summed E-state index contributed by atoms with van der Waals surface area (Å²) in [6.45, 7) is 2.19. The molecule has 2 N–H and O–H groups in total. The second-order valence-electron chi connectivity index (χ2n) is 4.73. The van der Waals surface area contributed by atoms with Gasteiger partial charge in [0.2, 0.25) is 0 Å². The topological polar surface area (TPSA) is 41.5 Å². The van der Waals surface area contributed by atoms with Gasteiger partial charge in [-0.1, -0.05) is 24.3 Å². The molecule has 2 aliphatic rings. The van der Waals surface area contributed by atoms with Gasteiger partial charge in [-0.05, 0) is 11.1 Å². The van der Waals surface area contributed by atoms with E-state index in [1.54, 1.807) is 0 Å². The fourth-order valence-corrected chi connectivity index (χ4v) is 2.79. The van der Waals surface area contributed by atoms with Gasteiger partial charge in [0.1, 0.15) is 0 Å². The highest BCUT2D eigenvalue weighted by molar-refractivity contribution is 5.35. The number of aliphatic hydroxyl groups is 1. The van der Waals surface area contributed by atoms with Crippen LogP contribution >= 0.6 is 0 Å². The predicted molar refractivity (Wildman–Crippen MR) is 61.0 cm³/mol. The molecule has 3 heteroatoms. The van der Waals surface area contributed by atoms with Crippen molar-refractivity contribution in [1.29, 1.82) is 0 Å². The molecule has 2 aliphatic heterocycles. The van der Waals surface area contributed by atoms with Crippen LogP contribution in [0, 0.1) is 0 Å². The molecule has 0 saturated carbocycles. The van der Waals surface area contributed by atoms with Crippen molar-refractivity contribution in [3.05, 3.63) is 35.4 Å². The smallest absolute Gasteiger partial charge is 0.0885 e. The molecular formula is C13H17NO2. The first kappa shape index (κ1) is 10.3. The first-order chi connectivity index (χ1) is 7.80. The second-order valence-corrected chi connectivity index (χ2v) is 4.73. The van der Waals surface area contributed by atoms with Crippen LogP contribution in [0.2, 0.25) is 0 Å². The number of rotatable bonds is 1. The third-order valence-electron chi connectivity index (χ3n) is 3.76. The Kier molecular flexibility index (Phi) is 2.46. The minimum atomic E-state index is -0.634. The molecule has 3 rings (SSSR count). The van der Waals surface area contributed by atoms with Crippen molar-refractivity contribution >= 4 is 0 Å². The summed E-state index contributed by atoms with van der Waals surface area (Å²) in [4.78, 5) is 0. The fourth-order valence-electron chi connectivity index (χ4n) is 2.79. The van der Waals surface area contributed by atoms with Gasteiger partial charge in [-0.2, -0.15) is 0 Å². The molecule has 0 aliphatic carbocycles. The molecule has 3 nitrogen and oxygen atoms in total. The summed E-state index contributed by atoms with van der Waals surface area (Å²) >= 11 is 0. The Labute approximate surface area is 95.4 Å². The van der Waals surface area contributed by atoms with Gasteiger partial charge in [0.25, 0.3) is 0 Å². The maximum atomic E-state index is 10.7. The predicted octanol–water partition coefficient (Wildman–Crippen LogP) is 1.37. The Bertz CT molecular complexity index is 385. The fraction of sp³-hybridized carbons (Fsp3) is 0.538. The molecule has 1 aromatic carbocycles. The van der Waals surface area contributed by atoms with Crippen LogP contribution in [0.5, 0.6) is 0 Å². The summed E-state index contributed by atoms with van der Waals surface area (Å²) in [6.07, 6.45) is 1.44. The molecule has 0 bridgehead atoms. The molecule has 1 atom stereocenters. The quantitative estimate of drug-likeness (QED) is 0.749.